The first-order chi connectivity index (χ1) is 10.7. The van der Waals surface area contributed by atoms with Crippen LogP contribution in [0.15, 0.2) is 42.5 Å². The summed E-state index contributed by atoms with van der Waals surface area (Å²) < 4.78 is 5.45. The van der Waals surface area contributed by atoms with Crippen LogP contribution in [0.4, 0.5) is 4.79 Å². The number of carbonyl (C=O) groups is 2. The summed E-state index contributed by atoms with van der Waals surface area (Å²) in [7, 11) is 0. The lowest BCUT2D eigenvalue weighted by Gasteiger charge is -2.36. The van der Waals surface area contributed by atoms with Crippen molar-refractivity contribution in [3.05, 3.63) is 42.5 Å². The minimum absolute atomic E-state index is 0.0436. The molecule has 1 aromatic rings. The molecule has 2 bridgehead atoms. The number of ketones is 1. The highest BCUT2D eigenvalue weighted by Gasteiger charge is 2.38. The highest BCUT2D eigenvalue weighted by Crippen LogP contribution is 2.34. The van der Waals surface area contributed by atoms with Gasteiger partial charge < -0.3 is 9.64 Å². The van der Waals surface area contributed by atoms with Crippen LogP contribution in [0.3, 0.4) is 0 Å². The molecule has 3 unspecified atom stereocenters. The van der Waals surface area contributed by atoms with Gasteiger partial charge in [0.15, 0.2) is 0 Å². The number of ether oxygens (including phenoxy) is 1. The third kappa shape index (κ3) is 2.91. The zero-order valence-corrected chi connectivity index (χ0v) is 12.8. The smallest absolute Gasteiger partial charge is 0.410 e. The van der Waals surface area contributed by atoms with Gasteiger partial charge in [0.2, 0.25) is 0 Å². The van der Waals surface area contributed by atoms with Crippen LogP contribution < -0.4 is 4.74 Å². The van der Waals surface area contributed by atoms with Gasteiger partial charge in [-0.05, 0) is 30.9 Å². The molecule has 0 saturated carbocycles. The van der Waals surface area contributed by atoms with Gasteiger partial charge in [0, 0.05) is 18.9 Å². The molecule has 0 radical (unpaired) electrons. The number of rotatable bonds is 3. The molecule has 2 aliphatic heterocycles. The molecule has 4 rings (SSSR count). The Morgan fingerprint density at radius 3 is 2.68 bits per heavy atom. The zero-order chi connectivity index (χ0) is 15.5. The molecule has 0 spiro atoms. The van der Waals surface area contributed by atoms with Crippen molar-refractivity contribution in [1.29, 1.82) is 0 Å². The molecule has 4 nitrogen and oxygen atoms in total. The van der Waals surface area contributed by atoms with E-state index in [2.05, 4.69) is 0 Å². The Balaban J connectivity index is 1.73. The van der Waals surface area contributed by atoms with Gasteiger partial charge in [-0.3, -0.25) is 4.79 Å². The molecular formula is C18H21NO3. The Labute approximate surface area is 130 Å². The molecule has 22 heavy (non-hydrogen) atoms. The van der Waals surface area contributed by atoms with Gasteiger partial charge in [-0.25, -0.2) is 4.79 Å². The minimum Gasteiger partial charge on any atom is -0.410 e. The van der Waals surface area contributed by atoms with Gasteiger partial charge in [-0.15, -0.1) is 0 Å². The van der Waals surface area contributed by atoms with Crippen LogP contribution in [-0.4, -0.2) is 29.4 Å². The Hall–Kier alpha value is -2.10. The van der Waals surface area contributed by atoms with Gasteiger partial charge in [0.05, 0.1) is 6.04 Å². The summed E-state index contributed by atoms with van der Waals surface area (Å²) in [6, 6.07) is 9.15. The van der Waals surface area contributed by atoms with Crippen molar-refractivity contribution >= 4 is 11.9 Å². The highest BCUT2D eigenvalue weighted by molar-refractivity contribution is 5.83. The van der Waals surface area contributed by atoms with Crippen molar-refractivity contribution in [2.24, 2.45) is 11.8 Å². The van der Waals surface area contributed by atoms with E-state index in [4.69, 9.17) is 4.74 Å². The number of fused-ring (bicyclic) bond motifs is 3. The lowest BCUT2D eigenvalue weighted by Crippen LogP contribution is -2.47. The van der Waals surface area contributed by atoms with Crippen molar-refractivity contribution in [1.82, 2.24) is 4.90 Å². The molecule has 1 amide bonds. The van der Waals surface area contributed by atoms with Crippen LogP contribution in [0.2, 0.25) is 0 Å². The molecule has 1 aliphatic carbocycles. The standard InChI is InChI=1S/C18H21NO3/c1-2-17(20)16-11-10-14-9-8-13(16)12-19(14)18(21)22-15-6-4-3-5-7-15/h3-7,10-11,13-14,16H,2,8-9,12H2,1H3. The lowest BCUT2D eigenvalue weighted by atomic mass is 9.83. The lowest BCUT2D eigenvalue weighted by molar-refractivity contribution is -0.123. The average molecular weight is 299 g/mol. The third-order valence-corrected chi connectivity index (χ3v) is 4.62. The number of hydrogen-bond donors (Lipinski definition) is 0. The van der Waals surface area contributed by atoms with Crippen LogP contribution in [0.5, 0.6) is 5.75 Å². The van der Waals surface area contributed by atoms with E-state index < -0.39 is 0 Å². The van der Waals surface area contributed by atoms with Crippen molar-refractivity contribution in [2.45, 2.75) is 32.2 Å². The van der Waals surface area contributed by atoms with E-state index >= 15 is 0 Å². The summed E-state index contributed by atoms with van der Waals surface area (Å²) in [6.45, 7) is 2.49. The fraction of sp³-hybridized carbons (Fsp3) is 0.444. The topological polar surface area (TPSA) is 46.6 Å². The molecule has 3 aliphatic rings. The van der Waals surface area contributed by atoms with Crippen LogP contribution in [-0.2, 0) is 4.79 Å². The molecular weight excluding hydrogens is 278 g/mol. The van der Waals surface area contributed by atoms with Crippen molar-refractivity contribution in [3.8, 4) is 5.75 Å². The summed E-state index contributed by atoms with van der Waals surface area (Å²) in [4.78, 5) is 26.3. The first-order valence-corrected chi connectivity index (χ1v) is 7.93. The quantitative estimate of drug-likeness (QED) is 0.803. The number of nitrogens with zero attached hydrogens (tertiary/aromatic N) is 1. The van der Waals surface area contributed by atoms with Crippen LogP contribution in [0.1, 0.15) is 26.2 Å². The van der Waals surface area contributed by atoms with Crippen molar-refractivity contribution < 1.29 is 14.3 Å². The highest BCUT2D eigenvalue weighted by atomic mass is 16.6. The van der Waals surface area contributed by atoms with Crippen LogP contribution in [0.25, 0.3) is 0 Å². The maximum Gasteiger partial charge on any atom is 0.415 e. The maximum absolute atomic E-state index is 12.4. The van der Waals surface area contributed by atoms with E-state index in [-0.39, 0.29) is 29.8 Å². The maximum atomic E-state index is 12.4. The number of hydrogen-bond acceptors (Lipinski definition) is 3. The van der Waals surface area contributed by atoms with Crippen LogP contribution in [0, 0.1) is 11.8 Å². The van der Waals surface area contributed by atoms with Crippen molar-refractivity contribution in [2.75, 3.05) is 6.54 Å². The second-order valence-corrected chi connectivity index (χ2v) is 5.97. The summed E-state index contributed by atoms with van der Waals surface area (Å²) in [5, 5.41) is 0. The number of allylic oxidation sites excluding steroid dienone is 1. The first-order valence-electron chi connectivity index (χ1n) is 7.93. The summed E-state index contributed by atoms with van der Waals surface area (Å²) >= 11 is 0. The fourth-order valence-electron chi connectivity index (χ4n) is 3.38. The number of Topliss-reactive ketones (excluding diaryl/α,β-unsaturated/α-hetero) is 1. The van der Waals surface area contributed by atoms with Gasteiger partial charge >= 0.3 is 6.09 Å². The van der Waals surface area contributed by atoms with Gasteiger partial charge in [-0.1, -0.05) is 37.3 Å². The fourth-order valence-corrected chi connectivity index (χ4v) is 3.38. The molecule has 116 valence electrons. The number of benzene rings is 1. The van der Waals surface area contributed by atoms with Crippen molar-refractivity contribution in [3.63, 3.8) is 0 Å². The SMILES string of the molecule is CCC(=O)C1C=CC2CCC1CN2C(=O)Oc1ccccc1. The van der Waals surface area contributed by atoms with E-state index in [0.29, 0.717) is 18.7 Å². The Bertz CT molecular complexity index is 581. The summed E-state index contributed by atoms with van der Waals surface area (Å²) in [5.74, 6) is 0.980. The molecule has 1 aromatic carbocycles. The largest absolute Gasteiger partial charge is 0.415 e. The molecule has 1 fully saturated rings. The molecule has 2 heterocycles. The van der Waals surface area contributed by atoms with E-state index in [9.17, 15) is 9.59 Å². The number of carbonyl (C=O) groups excluding carboxylic acids is 2. The zero-order valence-electron chi connectivity index (χ0n) is 12.8. The second kappa shape index (κ2) is 6.34. The summed E-state index contributed by atoms with van der Waals surface area (Å²) in [6.07, 6.45) is 6.13. The van der Waals surface area contributed by atoms with E-state index in [1.54, 1.807) is 17.0 Å². The second-order valence-electron chi connectivity index (χ2n) is 5.97. The molecule has 3 atom stereocenters. The number of para-hydroxylation sites is 1. The normalized spacial score (nSPS) is 26.6. The number of piperidine rings is 1. The monoisotopic (exact) mass is 299 g/mol. The minimum atomic E-state index is -0.324. The van der Waals surface area contributed by atoms with E-state index in [0.717, 1.165) is 12.8 Å². The Kier molecular flexibility index (Phi) is 4.27. The predicted octanol–water partition coefficient (Wildman–Crippen LogP) is 3.43. The van der Waals surface area contributed by atoms with Gasteiger partial charge in [-0.2, -0.15) is 0 Å². The number of amides is 1. The predicted molar refractivity (Wildman–Crippen MR) is 83.6 cm³/mol. The Morgan fingerprint density at radius 2 is 1.95 bits per heavy atom. The van der Waals surface area contributed by atoms with E-state index in [1.165, 1.54) is 0 Å². The van der Waals surface area contributed by atoms with Gasteiger partial charge in [0.1, 0.15) is 11.5 Å². The van der Waals surface area contributed by atoms with Gasteiger partial charge in [0.25, 0.3) is 0 Å². The molecule has 1 saturated heterocycles. The molecule has 0 N–H and O–H groups in total. The molecule has 0 aromatic heterocycles. The summed E-state index contributed by atoms with van der Waals surface area (Å²) in [5.41, 5.74) is 0. The van der Waals surface area contributed by atoms with E-state index in [1.807, 2.05) is 37.3 Å². The van der Waals surface area contributed by atoms with Crippen LogP contribution >= 0.6 is 0 Å². The third-order valence-electron chi connectivity index (χ3n) is 4.62. The first kappa shape index (κ1) is 14.8. The molecule has 4 heteroatoms. The Morgan fingerprint density at radius 1 is 1.18 bits per heavy atom. The average Bonchev–Trinajstić information content (AvgIpc) is 2.87.